The molecule has 24 heavy (non-hydrogen) atoms. The zero-order valence-corrected chi connectivity index (χ0v) is 14.7. The van der Waals surface area contributed by atoms with Crippen LogP contribution in [-0.2, 0) is 4.79 Å². The first-order valence-electron chi connectivity index (χ1n) is 7.79. The van der Waals surface area contributed by atoms with Gasteiger partial charge in [0.05, 0.1) is 12.5 Å². The lowest BCUT2D eigenvalue weighted by atomic mass is 10.0. The van der Waals surface area contributed by atoms with E-state index >= 15 is 0 Å². The minimum atomic E-state index is -0.941. The van der Waals surface area contributed by atoms with Crippen LogP contribution in [0.5, 0.6) is 5.75 Å². The van der Waals surface area contributed by atoms with E-state index < -0.39 is 17.9 Å². The molecule has 0 aliphatic rings. The van der Waals surface area contributed by atoms with E-state index in [1.54, 1.807) is 13.8 Å². The SMILES string of the molecule is CCOc1cc(-c2ccccc2)sc1C(=O)NC(C)C(C)C(=O)O. The number of benzene rings is 1. The van der Waals surface area contributed by atoms with Crippen LogP contribution in [0.2, 0.25) is 0 Å². The summed E-state index contributed by atoms with van der Waals surface area (Å²) in [4.78, 5) is 25.0. The van der Waals surface area contributed by atoms with Crippen molar-refractivity contribution in [1.82, 2.24) is 5.32 Å². The van der Waals surface area contributed by atoms with E-state index in [4.69, 9.17) is 9.84 Å². The lowest BCUT2D eigenvalue weighted by Gasteiger charge is -2.17. The van der Waals surface area contributed by atoms with Crippen molar-refractivity contribution in [3.05, 3.63) is 41.3 Å². The molecule has 0 spiro atoms. The predicted octanol–water partition coefficient (Wildman–Crippen LogP) is 3.65. The van der Waals surface area contributed by atoms with Crippen LogP contribution in [0, 0.1) is 5.92 Å². The summed E-state index contributed by atoms with van der Waals surface area (Å²) < 4.78 is 5.58. The van der Waals surface area contributed by atoms with Crippen LogP contribution >= 0.6 is 11.3 Å². The van der Waals surface area contributed by atoms with Crippen LogP contribution in [0.4, 0.5) is 0 Å². The van der Waals surface area contributed by atoms with Crippen molar-refractivity contribution in [2.75, 3.05) is 6.61 Å². The van der Waals surface area contributed by atoms with Crippen molar-refractivity contribution in [3.63, 3.8) is 0 Å². The fourth-order valence-electron chi connectivity index (χ4n) is 2.15. The van der Waals surface area contributed by atoms with Gasteiger partial charge in [-0.25, -0.2) is 0 Å². The Morgan fingerprint density at radius 1 is 1.25 bits per heavy atom. The number of ether oxygens (including phenoxy) is 1. The number of nitrogens with one attached hydrogen (secondary N) is 1. The average Bonchev–Trinajstić information content (AvgIpc) is 2.99. The molecule has 2 N–H and O–H groups in total. The van der Waals surface area contributed by atoms with Crippen LogP contribution in [-0.4, -0.2) is 29.6 Å². The molecule has 1 heterocycles. The summed E-state index contributed by atoms with van der Waals surface area (Å²) in [5.41, 5.74) is 1.01. The Balaban J connectivity index is 2.26. The first-order valence-corrected chi connectivity index (χ1v) is 8.61. The Kier molecular flexibility index (Phi) is 5.98. The number of hydrogen-bond acceptors (Lipinski definition) is 4. The number of amides is 1. The molecule has 128 valence electrons. The summed E-state index contributed by atoms with van der Waals surface area (Å²) in [5.74, 6) is -1.40. The van der Waals surface area contributed by atoms with Crippen LogP contribution in [0.15, 0.2) is 36.4 Å². The maximum absolute atomic E-state index is 12.5. The predicted molar refractivity (Wildman–Crippen MR) is 94.7 cm³/mol. The van der Waals surface area contributed by atoms with Crippen molar-refractivity contribution < 1.29 is 19.4 Å². The fraction of sp³-hybridized carbons (Fsp3) is 0.333. The van der Waals surface area contributed by atoms with Gasteiger partial charge in [0.2, 0.25) is 0 Å². The van der Waals surface area contributed by atoms with Crippen LogP contribution in [0.3, 0.4) is 0 Å². The van der Waals surface area contributed by atoms with E-state index in [0.717, 1.165) is 10.4 Å². The van der Waals surface area contributed by atoms with Gasteiger partial charge in [-0.05, 0) is 32.4 Å². The highest BCUT2D eigenvalue weighted by Gasteiger charge is 2.24. The van der Waals surface area contributed by atoms with Gasteiger partial charge in [-0.15, -0.1) is 11.3 Å². The Labute approximate surface area is 145 Å². The number of rotatable bonds is 7. The lowest BCUT2D eigenvalue weighted by Crippen LogP contribution is -2.39. The largest absolute Gasteiger partial charge is 0.492 e. The van der Waals surface area contributed by atoms with Crippen molar-refractivity contribution in [2.24, 2.45) is 5.92 Å². The molecular formula is C18H21NO4S. The zero-order valence-electron chi connectivity index (χ0n) is 13.9. The standard InChI is InChI=1S/C18H21NO4S/c1-4-23-14-10-15(13-8-6-5-7-9-13)24-16(14)17(20)19-12(3)11(2)18(21)22/h5-12H,4H2,1-3H3,(H,19,20)(H,21,22). The molecule has 0 aliphatic carbocycles. The first-order chi connectivity index (χ1) is 11.4. The highest BCUT2D eigenvalue weighted by Crippen LogP contribution is 2.36. The second-order valence-electron chi connectivity index (χ2n) is 5.49. The van der Waals surface area contributed by atoms with Gasteiger partial charge in [0.15, 0.2) is 0 Å². The molecule has 0 fully saturated rings. The minimum Gasteiger partial charge on any atom is -0.492 e. The minimum absolute atomic E-state index is 0.314. The lowest BCUT2D eigenvalue weighted by molar-refractivity contribution is -0.141. The van der Waals surface area contributed by atoms with Crippen LogP contribution < -0.4 is 10.1 Å². The molecule has 0 aliphatic heterocycles. The molecule has 2 atom stereocenters. The quantitative estimate of drug-likeness (QED) is 0.801. The summed E-state index contributed by atoms with van der Waals surface area (Å²) in [7, 11) is 0. The molecule has 1 aromatic heterocycles. The van der Waals surface area contributed by atoms with Gasteiger partial charge in [-0.2, -0.15) is 0 Å². The summed E-state index contributed by atoms with van der Waals surface area (Å²) in [5, 5.41) is 11.8. The van der Waals surface area contributed by atoms with Gasteiger partial charge in [0.1, 0.15) is 10.6 Å². The Morgan fingerprint density at radius 2 is 1.92 bits per heavy atom. The highest BCUT2D eigenvalue weighted by atomic mass is 32.1. The second-order valence-corrected chi connectivity index (χ2v) is 6.54. The molecule has 2 unspecified atom stereocenters. The Hall–Kier alpha value is -2.34. The number of aliphatic carboxylic acids is 1. The monoisotopic (exact) mass is 347 g/mol. The number of thiophene rings is 1. The smallest absolute Gasteiger partial charge is 0.308 e. The molecule has 1 aromatic carbocycles. The molecular weight excluding hydrogens is 326 g/mol. The summed E-state index contributed by atoms with van der Waals surface area (Å²) >= 11 is 1.34. The Morgan fingerprint density at radius 3 is 2.50 bits per heavy atom. The Bertz CT molecular complexity index is 711. The highest BCUT2D eigenvalue weighted by molar-refractivity contribution is 7.17. The second kappa shape index (κ2) is 7.97. The van der Waals surface area contributed by atoms with Gasteiger partial charge in [-0.1, -0.05) is 30.3 Å². The van der Waals surface area contributed by atoms with Crippen molar-refractivity contribution in [3.8, 4) is 16.2 Å². The van der Waals surface area contributed by atoms with E-state index in [0.29, 0.717) is 17.2 Å². The van der Waals surface area contributed by atoms with Crippen molar-refractivity contribution in [1.29, 1.82) is 0 Å². The molecule has 1 amide bonds. The molecule has 0 radical (unpaired) electrons. The van der Waals surface area contributed by atoms with Gasteiger partial charge in [0, 0.05) is 10.9 Å². The van der Waals surface area contributed by atoms with E-state index in [1.165, 1.54) is 11.3 Å². The number of carbonyl (C=O) groups excluding carboxylic acids is 1. The number of hydrogen-bond donors (Lipinski definition) is 2. The van der Waals surface area contributed by atoms with Crippen molar-refractivity contribution >= 4 is 23.2 Å². The van der Waals surface area contributed by atoms with Gasteiger partial charge in [-0.3, -0.25) is 9.59 Å². The van der Waals surface area contributed by atoms with Crippen LogP contribution in [0.1, 0.15) is 30.4 Å². The topological polar surface area (TPSA) is 75.6 Å². The summed E-state index contributed by atoms with van der Waals surface area (Å²) in [6.45, 7) is 5.56. The third-order valence-corrected chi connectivity index (χ3v) is 4.92. The fourth-order valence-corrected chi connectivity index (χ4v) is 3.16. The van der Waals surface area contributed by atoms with E-state index in [1.807, 2.05) is 43.3 Å². The molecule has 2 aromatic rings. The normalized spacial score (nSPS) is 13.1. The van der Waals surface area contributed by atoms with E-state index in [-0.39, 0.29) is 5.91 Å². The summed E-state index contributed by atoms with van der Waals surface area (Å²) in [6.07, 6.45) is 0. The van der Waals surface area contributed by atoms with Crippen LogP contribution in [0.25, 0.3) is 10.4 Å². The molecule has 6 heteroatoms. The van der Waals surface area contributed by atoms with Gasteiger partial charge < -0.3 is 15.2 Å². The molecule has 2 rings (SSSR count). The summed E-state index contributed by atoms with van der Waals surface area (Å²) in [6, 6.07) is 11.1. The average molecular weight is 347 g/mol. The van der Waals surface area contributed by atoms with E-state index in [9.17, 15) is 9.59 Å². The molecule has 0 saturated carbocycles. The first kappa shape index (κ1) is 18.0. The number of carboxylic acids is 1. The van der Waals surface area contributed by atoms with Gasteiger partial charge in [0.25, 0.3) is 5.91 Å². The number of carboxylic acid groups (broad SMARTS) is 1. The zero-order chi connectivity index (χ0) is 17.7. The molecule has 0 bridgehead atoms. The maximum Gasteiger partial charge on any atom is 0.308 e. The number of carbonyl (C=O) groups is 2. The molecule has 5 nitrogen and oxygen atoms in total. The molecule has 0 saturated heterocycles. The van der Waals surface area contributed by atoms with Gasteiger partial charge >= 0.3 is 5.97 Å². The maximum atomic E-state index is 12.5. The van der Waals surface area contributed by atoms with Crippen molar-refractivity contribution in [2.45, 2.75) is 26.8 Å². The third kappa shape index (κ3) is 4.14. The third-order valence-electron chi connectivity index (χ3n) is 3.76. The van der Waals surface area contributed by atoms with E-state index in [2.05, 4.69) is 5.32 Å².